The Bertz CT molecular complexity index is 553. The number of methoxy groups -OCH3 is 1. The molecule has 0 saturated carbocycles. The van der Waals surface area contributed by atoms with Crippen molar-refractivity contribution >= 4 is 35.2 Å². The summed E-state index contributed by atoms with van der Waals surface area (Å²) in [6.45, 7) is 3.90. The van der Waals surface area contributed by atoms with Gasteiger partial charge in [0, 0.05) is 27.9 Å². The van der Waals surface area contributed by atoms with Gasteiger partial charge in [-0.25, -0.2) is 0 Å². The highest BCUT2D eigenvalue weighted by Crippen LogP contribution is 2.32. The van der Waals surface area contributed by atoms with Gasteiger partial charge in [0.05, 0.1) is 6.54 Å². The lowest BCUT2D eigenvalue weighted by atomic mass is 9.96. The van der Waals surface area contributed by atoms with E-state index >= 15 is 0 Å². The number of hydrogen-bond acceptors (Lipinski definition) is 9. The molecular formula is C14H19NO8S. The van der Waals surface area contributed by atoms with Crippen LogP contribution >= 0.6 is 12.2 Å². The molecule has 0 unspecified atom stereocenters. The number of thiocarbonyl (C=S) groups is 1. The van der Waals surface area contributed by atoms with Crippen LogP contribution in [-0.2, 0) is 38.1 Å². The SMILES string of the molecule is CO[C@H]1O[C@@H]2CN(C(C)=O)C(=S)O[C@H]2[C@H](OC(C)=O)[C@@H]1OC(C)=O. The van der Waals surface area contributed by atoms with Crippen LogP contribution in [0, 0.1) is 0 Å². The molecule has 24 heavy (non-hydrogen) atoms. The lowest BCUT2D eigenvalue weighted by Gasteiger charge is -2.48. The fraction of sp³-hybridized carbons (Fsp3) is 0.714. The molecule has 2 aliphatic heterocycles. The van der Waals surface area contributed by atoms with E-state index in [1.54, 1.807) is 0 Å². The quantitative estimate of drug-likeness (QED) is 0.497. The standard InChI is InChI=1S/C14H19NO8S/c1-6(16)15-5-9-10(23-14(15)24)11(20-7(2)17)12(21-8(3)18)13(19-4)22-9/h9-13H,5H2,1-4H3/t9-,10-,11+,12+,13+/m1/s1. The van der Waals surface area contributed by atoms with Gasteiger partial charge in [-0.3, -0.25) is 19.3 Å². The Morgan fingerprint density at radius 2 is 1.71 bits per heavy atom. The summed E-state index contributed by atoms with van der Waals surface area (Å²) < 4.78 is 27.0. The van der Waals surface area contributed by atoms with Gasteiger partial charge in [0.2, 0.25) is 5.91 Å². The molecule has 2 saturated heterocycles. The van der Waals surface area contributed by atoms with Crippen LogP contribution in [0.4, 0.5) is 0 Å². The van der Waals surface area contributed by atoms with Crippen LogP contribution in [0.2, 0.25) is 0 Å². The first-order valence-corrected chi connectivity index (χ1v) is 7.66. The molecule has 2 fully saturated rings. The Hall–Kier alpha value is -1.78. The molecule has 0 aliphatic carbocycles. The van der Waals surface area contributed by atoms with E-state index in [1.165, 1.54) is 32.8 Å². The molecule has 0 spiro atoms. The number of fused-ring (bicyclic) bond motifs is 1. The van der Waals surface area contributed by atoms with Crippen molar-refractivity contribution in [2.24, 2.45) is 0 Å². The minimum absolute atomic E-state index is 0.0538. The van der Waals surface area contributed by atoms with E-state index in [4.69, 9.17) is 35.9 Å². The van der Waals surface area contributed by atoms with Crippen LogP contribution in [0.1, 0.15) is 20.8 Å². The van der Waals surface area contributed by atoms with E-state index in [2.05, 4.69) is 0 Å². The summed E-state index contributed by atoms with van der Waals surface area (Å²) in [4.78, 5) is 35.7. The average Bonchev–Trinajstić information content (AvgIpc) is 2.48. The average molecular weight is 361 g/mol. The molecule has 10 heteroatoms. The lowest BCUT2D eigenvalue weighted by molar-refractivity contribution is -0.299. The Morgan fingerprint density at radius 1 is 1.12 bits per heavy atom. The number of hydrogen-bond donors (Lipinski definition) is 0. The number of ether oxygens (including phenoxy) is 5. The van der Waals surface area contributed by atoms with E-state index in [0.29, 0.717) is 0 Å². The lowest BCUT2D eigenvalue weighted by Crippen LogP contribution is -2.67. The Kier molecular flexibility index (Phi) is 5.73. The molecule has 9 nitrogen and oxygen atoms in total. The molecule has 0 aromatic carbocycles. The molecule has 0 radical (unpaired) electrons. The van der Waals surface area contributed by atoms with Crippen LogP contribution in [0.5, 0.6) is 0 Å². The van der Waals surface area contributed by atoms with E-state index in [-0.39, 0.29) is 17.6 Å². The monoisotopic (exact) mass is 361 g/mol. The molecule has 2 heterocycles. The van der Waals surface area contributed by atoms with Crippen LogP contribution in [0.3, 0.4) is 0 Å². The first-order valence-electron chi connectivity index (χ1n) is 7.26. The summed E-state index contributed by atoms with van der Waals surface area (Å²) in [5.41, 5.74) is 0. The second kappa shape index (κ2) is 7.41. The number of carbonyl (C=O) groups is 3. The van der Waals surface area contributed by atoms with E-state index in [1.807, 2.05) is 0 Å². The van der Waals surface area contributed by atoms with Gasteiger partial charge in [-0.1, -0.05) is 0 Å². The Morgan fingerprint density at radius 3 is 2.21 bits per heavy atom. The van der Waals surface area contributed by atoms with Crippen LogP contribution in [-0.4, -0.2) is 72.3 Å². The molecular weight excluding hydrogens is 342 g/mol. The summed E-state index contributed by atoms with van der Waals surface area (Å²) in [5, 5.41) is -0.0538. The second-order valence-electron chi connectivity index (χ2n) is 5.40. The molecule has 0 aromatic heterocycles. The van der Waals surface area contributed by atoms with E-state index in [0.717, 1.165) is 0 Å². The zero-order valence-corrected chi connectivity index (χ0v) is 14.5. The molecule has 5 atom stereocenters. The number of nitrogens with zero attached hydrogens (tertiary/aromatic N) is 1. The molecule has 1 amide bonds. The van der Waals surface area contributed by atoms with Crippen LogP contribution < -0.4 is 0 Å². The Balaban J connectivity index is 2.31. The number of rotatable bonds is 3. The predicted octanol–water partition coefficient (Wildman–Crippen LogP) is -0.247. The summed E-state index contributed by atoms with van der Waals surface area (Å²) >= 11 is 5.07. The van der Waals surface area contributed by atoms with E-state index < -0.39 is 42.6 Å². The van der Waals surface area contributed by atoms with Gasteiger partial charge in [-0.05, 0) is 12.2 Å². The van der Waals surface area contributed by atoms with Gasteiger partial charge in [0.1, 0.15) is 6.10 Å². The van der Waals surface area contributed by atoms with Gasteiger partial charge in [-0.2, -0.15) is 0 Å². The Labute approximate surface area is 144 Å². The number of amides is 1. The van der Waals surface area contributed by atoms with Crippen molar-refractivity contribution in [3.8, 4) is 0 Å². The highest BCUT2D eigenvalue weighted by molar-refractivity contribution is 7.80. The third-order valence-electron chi connectivity index (χ3n) is 3.63. The van der Waals surface area contributed by atoms with Gasteiger partial charge in [0.25, 0.3) is 5.17 Å². The predicted molar refractivity (Wildman–Crippen MR) is 81.6 cm³/mol. The number of esters is 2. The zero-order chi connectivity index (χ0) is 18.0. The van der Waals surface area contributed by atoms with Gasteiger partial charge in [0.15, 0.2) is 24.6 Å². The highest BCUT2D eigenvalue weighted by atomic mass is 32.1. The van der Waals surface area contributed by atoms with E-state index in [9.17, 15) is 14.4 Å². The van der Waals surface area contributed by atoms with Gasteiger partial charge < -0.3 is 23.7 Å². The highest BCUT2D eigenvalue weighted by Gasteiger charge is 2.54. The topological polar surface area (TPSA) is 101 Å². The molecule has 0 bridgehead atoms. The maximum Gasteiger partial charge on any atom is 0.303 e. The first kappa shape index (κ1) is 18.6. The summed E-state index contributed by atoms with van der Waals surface area (Å²) in [6.07, 6.45) is -4.48. The van der Waals surface area contributed by atoms with Crippen molar-refractivity contribution in [2.45, 2.75) is 51.5 Å². The van der Waals surface area contributed by atoms with Gasteiger partial charge >= 0.3 is 11.9 Å². The zero-order valence-electron chi connectivity index (χ0n) is 13.7. The largest absolute Gasteiger partial charge is 0.460 e. The van der Waals surface area contributed by atoms with Crippen molar-refractivity contribution < 1.29 is 38.1 Å². The second-order valence-corrected chi connectivity index (χ2v) is 5.75. The van der Waals surface area contributed by atoms with Crippen molar-refractivity contribution in [1.29, 1.82) is 0 Å². The van der Waals surface area contributed by atoms with Gasteiger partial charge in [-0.15, -0.1) is 0 Å². The van der Waals surface area contributed by atoms with Crippen LogP contribution in [0.15, 0.2) is 0 Å². The molecule has 2 aliphatic rings. The summed E-state index contributed by atoms with van der Waals surface area (Å²) in [7, 11) is 1.36. The minimum Gasteiger partial charge on any atom is -0.460 e. The number of carbonyl (C=O) groups excluding carboxylic acids is 3. The molecule has 2 rings (SSSR count). The maximum atomic E-state index is 11.6. The molecule has 0 aromatic rings. The summed E-state index contributed by atoms with van der Waals surface area (Å²) in [5.74, 6) is -1.48. The van der Waals surface area contributed by atoms with Crippen molar-refractivity contribution in [2.75, 3.05) is 13.7 Å². The minimum atomic E-state index is -1.02. The van der Waals surface area contributed by atoms with Crippen molar-refractivity contribution in [3.05, 3.63) is 0 Å². The smallest absolute Gasteiger partial charge is 0.303 e. The third-order valence-corrected chi connectivity index (χ3v) is 3.94. The van der Waals surface area contributed by atoms with Crippen molar-refractivity contribution in [3.63, 3.8) is 0 Å². The fourth-order valence-electron chi connectivity index (χ4n) is 2.69. The molecule has 0 N–H and O–H groups in total. The third kappa shape index (κ3) is 3.82. The fourth-order valence-corrected chi connectivity index (χ4v) is 3.01. The first-order chi connectivity index (χ1) is 11.2. The summed E-state index contributed by atoms with van der Waals surface area (Å²) in [6, 6.07) is 0. The van der Waals surface area contributed by atoms with Crippen LogP contribution in [0.25, 0.3) is 0 Å². The maximum absolute atomic E-state index is 11.6. The van der Waals surface area contributed by atoms with Crippen molar-refractivity contribution in [1.82, 2.24) is 4.90 Å². The normalized spacial score (nSPS) is 32.4. The molecule has 134 valence electrons.